The van der Waals surface area contributed by atoms with Crippen molar-refractivity contribution in [2.24, 2.45) is 0 Å². The van der Waals surface area contributed by atoms with Crippen molar-refractivity contribution in [1.29, 1.82) is 0 Å². The predicted octanol–water partition coefficient (Wildman–Crippen LogP) is 1.54. The Morgan fingerprint density at radius 2 is 2.08 bits per heavy atom. The summed E-state index contributed by atoms with van der Waals surface area (Å²) in [5, 5.41) is 3.23. The lowest BCUT2D eigenvalue weighted by atomic mass is 10.2. The smallest absolute Gasteiger partial charge is 0.275 e. The summed E-state index contributed by atoms with van der Waals surface area (Å²) in [6, 6.07) is 10.1. The number of ether oxygens (including phenoxy) is 2. The fourth-order valence-electron chi connectivity index (χ4n) is 2.65. The summed E-state index contributed by atoms with van der Waals surface area (Å²) in [6.45, 7) is 1.17. The molecule has 5 nitrogen and oxygen atoms in total. The van der Waals surface area contributed by atoms with Crippen molar-refractivity contribution in [3.05, 3.63) is 58.4 Å². The molecule has 1 aliphatic heterocycles. The molecule has 2 N–H and O–H groups in total. The number of fused-ring (bicyclic) bond motifs is 1. The molecule has 2 aromatic carbocycles. The van der Waals surface area contributed by atoms with E-state index in [9.17, 15) is 9.18 Å². The Morgan fingerprint density at radius 3 is 2.88 bits per heavy atom. The lowest BCUT2D eigenvalue weighted by Gasteiger charge is -2.15. The van der Waals surface area contributed by atoms with E-state index in [1.165, 1.54) is 6.07 Å². The van der Waals surface area contributed by atoms with Crippen LogP contribution < -0.4 is 19.7 Å². The Kier molecular flexibility index (Phi) is 5.40. The van der Waals surface area contributed by atoms with Gasteiger partial charge in [-0.2, -0.15) is 0 Å². The molecular weight excluding hydrogens is 347 g/mol. The van der Waals surface area contributed by atoms with Gasteiger partial charge in [0.25, 0.3) is 5.91 Å². The monoisotopic (exact) mass is 365 g/mol. The highest BCUT2D eigenvalue weighted by molar-refractivity contribution is 6.31. The number of nitrogens with one attached hydrogen (secondary N) is 2. The molecule has 1 amide bonds. The summed E-state index contributed by atoms with van der Waals surface area (Å²) in [7, 11) is 1.82. The first-order chi connectivity index (χ1) is 12.0. The standard InChI is InChI=1S/C18H18ClFN2O3/c1-22(9-13-14(19)3-2-4-15(13)20)10-18(23)21-8-12-5-6-16-17(7-12)25-11-24-16/h2-7H,8-11H2,1H3,(H,21,23)/p+1. The molecule has 0 saturated carbocycles. The molecule has 0 aromatic heterocycles. The third-order valence-electron chi connectivity index (χ3n) is 3.93. The van der Waals surface area contributed by atoms with E-state index in [1.54, 1.807) is 12.1 Å². The van der Waals surface area contributed by atoms with Gasteiger partial charge >= 0.3 is 0 Å². The van der Waals surface area contributed by atoms with Crippen LogP contribution in [0.25, 0.3) is 0 Å². The first-order valence-corrected chi connectivity index (χ1v) is 8.30. The quantitative estimate of drug-likeness (QED) is 0.816. The fourth-order valence-corrected chi connectivity index (χ4v) is 2.88. The maximum absolute atomic E-state index is 13.8. The lowest BCUT2D eigenvalue weighted by Crippen LogP contribution is -3.09. The van der Waals surface area contributed by atoms with Gasteiger partial charge in [0.05, 0.1) is 17.6 Å². The second kappa shape index (κ2) is 7.72. The average Bonchev–Trinajstić information content (AvgIpc) is 3.04. The zero-order valence-corrected chi connectivity index (χ0v) is 14.5. The van der Waals surface area contributed by atoms with Gasteiger partial charge < -0.3 is 19.7 Å². The zero-order chi connectivity index (χ0) is 17.8. The number of hydrogen-bond acceptors (Lipinski definition) is 3. The first-order valence-electron chi connectivity index (χ1n) is 7.92. The third kappa shape index (κ3) is 4.41. The number of quaternary nitrogens is 1. The minimum absolute atomic E-state index is 0.123. The average molecular weight is 366 g/mol. The van der Waals surface area contributed by atoms with E-state index < -0.39 is 0 Å². The number of rotatable bonds is 6. The molecular formula is C18H19ClFN2O3+. The number of halogens is 2. The van der Waals surface area contributed by atoms with E-state index >= 15 is 0 Å². The van der Waals surface area contributed by atoms with Crippen LogP contribution >= 0.6 is 11.6 Å². The van der Waals surface area contributed by atoms with E-state index in [4.69, 9.17) is 21.1 Å². The molecule has 1 heterocycles. The molecule has 0 fully saturated rings. The van der Waals surface area contributed by atoms with E-state index in [2.05, 4.69) is 5.32 Å². The fraction of sp³-hybridized carbons (Fsp3) is 0.278. The summed E-state index contributed by atoms with van der Waals surface area (Å²) in [6.07, 6.45) is 0. The molecule has 0 radical (unpaired) electrons. The highest BCUT2D eigenvalue weighted by atomic mass is 35.5. The van der Waals surface area contributed by atoms with Gasteiger partial charge in [-0.1, -0.05) is 23.7 Å². The number of hydrogen-bond donors (Lipinski definition) is 2. The Balaban J connectivity index is 1.50. The zero-order valence-electron chi connectivity index (χ0n) is 13.8. The molecule has 25 heavy (non-hydrogen) atoms. The second-order valence-electron chi connectivity index (χ2n) is 5.98. The number of amides is 1. The first kappa shape index (κ1) is 17.5. The van der Waals surface area contributed by atoms with Crippen molar-refractivity contribution >= 4 is 17.5 Å². The van der Waals surface area contributed by atoms with Crippen molar-refractivity contribution in [2.75, 3.05) is 20.4 Å². The number of carbonyl (C=O) groups is 1. The summed E-state index contributed by atoms with van der Waals surface area (Å²) in [5.41, 5.74) is 1.35. The van der Waals surface area contributed by atoms with Crippen LogP contribution in [0.1, 0.15) is 11.1 Å². The molecule has 0 aliphatic carbocycles. The molecule has 7 heteroatoms. The lowest BCUT2D eigenvalue weighted by molar-refractivity contribution is -0.885. The summed E-state index contributed by atoms with van der Waals surface area (Å²) >= 11 is 6.02. The number of carbonyl (C=O) groups excluding carboxylic acids is 1. The SMILES string of the molecule is C[NH+](CC(=O)NCc1ccc2c(c1)OCO2)Cc1c(F)cccc1Cl. The second-order valence-corrected chi connectivity index (χ2v) is 6.38. The van der Waals surface area contributed by atoms with Crippen LogP contribution in [0.15, 0.2) is 36.4 Å². The maximum atomic E-state index is 13.8. The molecule has 2 aromatic rings. The van der Waals surface area contributed by atoms with Crippen molar-refractivity contribution in [3.63, 3.8) is 0 Å². The van der Waals surface area contributed by atoms with E-state index in [-0.39, 0.29) is 25.1 Å². The van der Waals surface area contributed by atoms with Crippen molar-refractivity contribution < 1.29 is 23.6 Å². The van der Waals surface area contributed by atoms with Gasteiger partial charge in [0.15, 0.2) is 18.0 Å². The van der Waals surface area contributed by atoms with Gasteiger partial charge in [-0.25, -0.2) is 4.39 Å². The Morgan fingerprint density at radius 1 is 1.28 bits per heavy atom. The van der Waals surface area contributed by atoms with E-state index in [1.807, 2.05) is 25.2 Å². The van der Waals surface area contributed by atoms with E-state index in [0.29, 0.717) is 35.2 Å². The van der Waals surface area contributed by atoms with Crippen LogP contribution in [0.4, 0.5) is 4.39 Å². The Labute approximate surface area is 150 Å². The minimum Gasteiger partial charge on any atom is -0.454 e. The van der Waals surface area contributed by atoms with Gasteiger partial charge in [-0.15, -0.1) is 0 Å². The Hall–Kier alpha value is -2.31. The molecule has 1 unspecified atom stereocenters. The summed E-state index contributed by atoms with van der Waals surface area (Å²) in [5.74, 6) is 0.917. The van der Waals surface area contributed by atoms with Gasteiger partial charge in [-0.05, 0) is 29.8 Å². The van der Waals surface area contributed by atoms with Crippen molar-refractivity contribution in [2.45, 2.75) is 13.1 Å². The normalized spacial score (nSPS) is 13.6. The van der Waals surface area contributed by atoms with Gasteiger partial charge in [0, 0.05) is 6.54 Å². The summed E-state index contributed by atoms with van der Waals surface area (Å²) < 4.78 is 24.4. The van der Waals surface area contributed by atoms with Gasteiger partial charge in [0.2, 0.25) is 6.79 Å². The van der Waals surface area contributed by atoms with Crippen molar-refractivity contribution in [3.8, 4) is 11.5 Å². The summed E-state index contributed by atoms with van der Waals surface area (Å²) in [4.78, 5) is 12.9. The molecule has 3 rings (SSSR count). The maximum Gasteiger partial charge on any atom is 0.275 e. The van der Waals surface area contributed by atoms with Gasteiger partial charge in [0.1, 0.15) is 12.4 Å². The van der Waals surface area contributed by atoms with E-state index in [0.717, 1.165) is 10.5 Å². The largest absolute Gasteiger partial charge is 0.454 e. The molecule has 1 aliphatic rings. The minimum atomic E-state index is -0.354. The highest BCUT2D eigenvalue weighted by Crippen LogP contribution is 2.32. The molecule has 0 bridgehead atoms. The van der Waals surface area contributed by atoms with Crippen LogP contribution in [-0.2, 0) is 17.9 Å². The van der Waals surface area contributed by atoms with Crippen LogP contribution in [0.3, 0.4) is 0 Å². The van der Waals surface area contributed by atoms with Crippen LogP contribution in [0.5, 0.6) is 11.5 Å². The molecule has 0 spiro atoms. The van der Waals surface area contributed by atoms with Crippen LogP contribution in [-0.4, -0.2) is 26.3 Å². The molecule has 132 valence electrons. The highest BCUT2D eigenvalue weighted by Gasteiger charge is 2.16. The Bertz CT molecular complexity index is 765. The topological polar surface area (TPSA) is 52.0 Å². The molecule has 1 atom stereocenters. The number of likely N-dealkylation sites (N-methyl/N-ethyl adjacent to an activating group) is 1. The van der Waals surface area contributed by atoms with Crippen LogP contribution in [0, 0.1) is 5.82 Å². The van der Waals surface area contributed by atoms with Crippen LogP contribution in [0.2, 0.25) is 5.02 Å². The predicted molar refractivity (Wildman–Crippen MR) is 91.3 cm³/mol. The number of benzene rings is 2. The van der Waals surface area contributed by atoms with Crippen molar-refractivity contribution in [1.82, 2.24) is 5.32 Å². The van der Waals surface area contributed by atoms with Gasteiger partial charge in [-0.3, -0.25) is 4.79 Å². The molecule has 0 saturated heterocycles. The third-order valence-corrected chi connectivity index (χ3v) is 4.28.